The van der Waals surface area contributed by atoms with E-state index in [4.69, 9.17) is 4.74 Å². The third-order valence-electron chi connectivity index (χ3n) is 3.79. The molecule has 98 valence electrons. The molecule has 1 atom stereocenters. The van der Waals surface area contributed by atoms with E-state index in [0.717, 1.165) is 5.56 Å². The monoisotopic (exact) mass is 257 g/mol. The van der Waals surface area contributed by atoms with Gasteiger partial charge in [0.1, 0.15) is 0 Å². The molecule has 1 amide bonds. The number of hydrogen-bond donors (Lipinski definition) is 0. The molecule has 0 unspecified atom stereocenters. The van der Waals surface area contributed by atoms with Gasteiger partial charge in [-0.05, 0) is 13.0 Å². The van der Waals surface area contributed by atoms with E-state index in [9.17, 15) is 9.59 Å². The number of esters is 1. The van der Waals surface area contributed by atoms with Crippen molar-refractivity contribution in [2.45, 2.75) is 18.9 Å². The first kappa shape index (κ1) is 12.0. The smallest absolute Gasteiger partial charge is 0.337 e. The van der Waals surface area contributed by atoms with Crippen molar-refractivity contribution in [3.63, 3.8) is 0 Å². The largest absolute Gasteiger partial charge is 0.464 e. The van der Waals surface area contributed by atoms with Crippen molar-refractivity contribution in [2.24, 2.45) is 0 Å². The van der Waals surface area contributed by atoms with Gasteiger partial charge < -0.3 is 9.64 Å². The van der Waals surface area contributed by atoms with Crippen LogP contribution in [0.1, 0.15) is 29.3 Å². The predicted octanol–water partition coefficient (Wildman–Crippen LogP) is 1.86. The Morgan fingerprint density at radius 1 is 1.37 bits per heavy atom. The molecule has 0 saturated carbocycles. The van der Waals surface area contributed by atoms with Crippen molar-refractivity contribution in [3.8, 4) is 0 Å². The minimum absolute atomic E-state index is 0.0898. The lowest BCUT2D eigenvalue weighted by Gasteiger charge is -2.37. The fourth-order valence-corrected chi connectivity index (χ4v) is 2.94. The highest BCUT2D eigenvalue weighted by atomic mass is 16.5. The summed E-state index contributed by atoms with van der Waals surface area (Å²) in [6, 6.07) is 7.30. The summed E-state index contributed by atoms with van der Waals surface area (Å²) in [5, 5.41) is 0. The van der Waals surface area contributed by atoms with Gasteiger partial charge in [-0.1, -0.05) is 30.4 Å². The number of ether oxygens (including phenoxy) is 1. The van der Waals surface area contributed by atoms with Crippen molar-refractivity contribution in [1.29, 1.82) is 0 Å². The molecule has 0 N–H and O–H groups in total. The molecule has 0 bridgehead atoms. The summed E-state index contributed by atoms with van der Waals surface area (Å²) in [5.41, 5.74) is 0.417. The summed E-state index contributed by atoms with van der Waals surface area (Å²) >= 11 is 0. The van der Waals surface area contributed by atoms with Crippen LogP contribution in [-0.2, 0) is 15.1 Å². The van der Waals surface area contributed by atoms with Gasteiger partial charge >= 0.3 is 5.97 Å². The van der Waals surface area contributed by atoms with Gasteiger partial charge in [-0.2, -0.15) is 0 Å². The van der Waals surface area contributed by atoms with Crippen LogP contribution in [0.5, 0.6) is 0 Å². The number of benzene rings is 1. The first-order valence-electron chi connectivity index (χ1n) is 6.45. The van der Waals surface area contributed by atoms with Crippen LogP contribution in [-0.4, -0.2) is 29.9 Å². The van der Waals surface area contributed by atoms with E-state index in [2.05, 4.69) is 0 Å². The van der Waals surface area contributed by atoms with Gasteiger partial charge in [-0.3, -0.25) is 4.79 Å². The molecule has 0 radical (unpaired) electrons. The van der Waals surface area contributed by atoms with E-state index < -0.39 is 5.54 Å². The molecule has 4 nitrogen and oxygen atoms in total. The molecule has 3 rings (SSSR count). The fourth-order valence-electron chi connectivity index (χ4n) is 2.94. The van der Waals surface area contributed by atoms with E-state index in [1.807, 2.05) is 30.4 Å². The third kappa shape index (κ3) is 1.46. The highest BCUT2D eigenvalue weighted by Crippen LogP contribution is 2.44. The van der Waals surface area contributed by atoms with Crippen molar-refractivity contribution in [2.75, 3.05) is 13.2 Å². The van der Waals surface area contributed by atoms with Crippen LogP contribution in [0.15, 0.2) is 36.4 Å². The number of carbonyl (C=O) groups is 2. The van der Waals surface area contributed by atoms with Crippen LogP contribution < -0.4 is 0 Å². The zero-order valence-corrected chi connectivity index (χ0v) is 10.8. The number of carbonyl (C=O) groups excluding carboxylic acids is 2. The zero-order chi connectivity index (χ0) is 13.5. The van der Waals surface area contributed by atoms with Crippen LogP contribution in [0, 0.1) is 0 Å². The Labute approximate surface area is 111 Å². The van der Waals surface area contributed by atoms with Crippen molar-refractivity contribution in [1.82, 2.24) is 4.90 Å². The van der Waals surface area contributed by atoms with Gasteiger partial charge in [-0.15, -0.1) is 0 Å². The molecule has 0 aromatic heterocycles. The topological polar surface area (TPSA) is 46.6 Å². The highest BCUT2D eigenvalue weighted by Gasteiger charge is 2.55. The normalized spacial score (nSPS) is 24.1. The van der Waals surface area contributed by atoms with Crippen LogP contribution in [0.4, 0.5) is 0 Å². The van der Waals surface area contributed by atoms with Crippen LogP contribution in [0.25, 0.3) is 0 Å². The lowest BCUT2D eigenvalue weighted by atomic mass is 9.84. The van der Waals surface area contributed by atoms with Crippen molar-refractivity contribution >= 4 is 11.9 Å². The maximum atomic E-state index is 12.5. The van der Waals surface area contributed by atoms with Gasteiger partial charge in [0, 0.05) is 24.1 Å². The Bertz CT molecular complexity index is 579. The fraction of sp³-hybridized carbons (Fsp3) is 0.333. The van der Waals surface area contributed by atoms with E-state index in [1.165, 1.54) is 0 Å². The molecule has 0 aliphatic carbocycles. The van der Waals surface area contributed by atoms with Gasteiger partial charge in [0.15, 0.2) is 5.54 Å². The minimum Gasteiger partial charge on any atom is -0.464 e. The van der Waals surface area contributed by atoms with Gasteiger partial charge in [0.25, 0.3) is 5.91 Å². The second-order valence-electron chi connectivity index (χ2n) is 4.72. The summed E-state index contributed by atoms with van der Waals surface area (Å²) in [7, 11) is 0. The molecular weight excluding hydrogens is 242 g/mol. The number of amides is 1. The van der Waals surface area contributed by atoms with E-state index in [1.54, 1.807) is 17.9 Å². The molecule has 0 spiro atoms. The van der Waals surface area contributed by atoms with E-state index in [0.29, 0.717) is 25.1 Å². The van der Waals surface area contributed by atoms with Crippen molar-refractivity contribution < 1.29 is 14.3 Å². The van der Waals surface area contributed by atoms with Gasteiger partial charge in [0.05, 0.1) is 6.61 Å². The Kier molecular flexibility index (Phi) is 2.66. The molecule has 4 heteroatoms. The highest BCUT2D eigenvalue weighted by molar-refractivity contribution is 6.06. The summed E-state index contributed by atoms with van der Waals surface area (Å²) in [6.07, 6.45) is 4.35. The summed E-state index contributed by atoms with van der Waals surface area (Å²) in [4.78, 5) is 26.5. The summed E-state index contributed by atoms with van der Waals surface area (Å²) < 4.78 is 5.22. The Morgan fingerprint density at radius 2 is 2.16 bits per heavy atom. The Hall–Kier alpha value is -2.10. The average molecular weight is 257 g/mol. The maximum Gasteiger partial charge on any atom is 0.337 e. The number of fused-ring (bicyclic) bond motifs is 3. The molecule has 2 aliphatic heterocycles. The second-order valence-corrected chi connectivity index (χ2v) is 4.72. The lowest BCUT2D eigenvalue weighted by Crippen LogP contribution is -2.51. The van der Waals surface area contributed by atoms with Crippen LogP contribution in [0.2, 0.25) is 0 Å². The summed E-state index contributed by atoms with van der Waals surface area (Å²) in [5.74, 6) is -0.425. The molecular formula is C15H15NO3. The quantitative estimate of drug-likeness (QED) is 0.600. The number of nitrogens with zero attached hydrogens (tertiary/aromatic N) is 1. The predicted molar refractivity (Wildman–Crippen MR) is 69.5 cm³/mol. The van der Waals surface area contributed by atoms with Crippen LogP contribution in [0.3, 0.4) is 0 Å². The van der Waals surface area contributed by atoms with Crippen LogP contribution >= 0.6 is 0 Å². The summed E-state index contributed by atoms with van der Waals surface area (Å²) in [6.45, 7) is 2.54. The number of rotatable bonds is 2. The molecule has 0 saturated heterocycles. The molecule has 1 aromatic carbocycles. The zero-order valence-electron chi connectivity index (χ0n) is 10.8. The molecule has 2 aliphatic rings. The second kappa shape index (κ2) is 4.23. The molecule has 0 fully saturated rings. The molecule has 1 aromatic rings. The Morgan fingerprint density at radius 3 is 2.95 bits per heavy atom. The maximum absolute atomic E-state index is 12.5. The first-order valence-corrected chi connectivity index (χ1v) is 6.45. The van der Waals surface area contributed by atoms with Gasteiger partial charge in [-0.25, -0.2) is 4.79 Å². The van der Waals surface area contributed by atoms with Gasteiger partial charge in [0.2, 0.25) is 0 Å². The minimum atomic E-state index is -0.960. The average Bonchev–Trinajstić information content (AvgIpc) is 2.71. The standard InChI is InChI=1S/C15H15NO3/c1-2-19-14(18)15-9-5-6-10-16(15)13(17)11-7-3-4-8-12(11)15/h3-8H,2,9-10H2,1H3/t15-/m0/s1. The lowest BCUT2D eigenvalue weighted by molar-refractivity contribution is -0.156. The Balaban J connectivity index is 2.19. The van der Waals surface area contributed by atoms with E-state index in [-0.39, 0.29) is 11.9 Å². The molecule has 19 heavy (non-hydrogen) atoms. The van der Waals surface area contributed by atoms with E-state index >= 15 is 0 Å². The third-order valence-corrected chi connectivity index (χ3v) is 3.79. The first-order chi connectivity index (χ1) is 9.21. The number of hydrogen-bond acceptors (Lipinski definition) is 3. The SMILES string of the molecule is CCOC(=O)[C@@]12CC=CCN1C(=O)c1ccccc12. The van der Waals surface area contributed by atoms with Crippen molar-refractivity contribution in [3.05, 3.63) is 47.5 Å². The molecule has 2 heterocycles.